The summed E-state index contributed by atoms with van der Waals surface area (Å²) in [5, 5.41) is 5.29. The minimum Gasteiger partial charge on any atom is -0.378 e. The average molecular weight is 880 g/mol. The lowest BCUT2D eigenvalue weighted by atomic mass is 9.91. The molecule has 0 aliphatic carbocycles. The fraction of sp³-hybridized carbons (Fsp3) is 0.468. The number of carbonyl (C=O) groups is 6. The van der Waals surface area contributed by atoms with Crippen LogP contribution in [0.25, 0.3) is 6.08 Å². The number of rotatable bonds is 19. The van der Waals surface area contributed by atoms with Crippen LogP contribution in [-0.4, -0.2) is 139 Å². The molecule has 4 aliphatic rings. The van der Waals surface area contributed by atoms with Crippen molar-refractivity contribution in [2.75, 3.05) is 82.9 Å². The Hall–Kier alpha value is -5.58. The summed E-state index contributed by atoms with van der Waals surface area (Å²) in [6, 6.07) is 16.5. The number of nitrogens with zero attached hydrogens (tertiary/aromatic N) is 5. The highest BCUT2D eigenvalue weighted by molar-refractivity contribution is 7.99. The molecule has 0 bridgehead atoms. The second-order valence-electron chi connectivity index (χ2n) is 16.3. The van der Waals surface area contributed by atoms with Crippen molar-refractivity contribution in [3.63, 3.8) is 0 Å². The molecule has 3 saturated heterocycles. The molecule has 15 nitrogen and oxygen atoms in total. The van der Waals surface area contributed by atoms with Gasteiger partial charge in [-0.15, -0.1) is 11.8 Å². The maximum atomic E-state index is 13.3. The van der Waals surface area contributed by atoms with Gasteiger partial charge < -0.3 is 34.4 Å². The van der Waals surface area contributed by atoms with Gasteiger partial charge in [0.05, 0.1) is 19.8 Å². The molecule has 2 aromatic carbocycles. The van der Waals surface area contributed by atoms with Crippen LogP contribution >= 0.6 is 11.8 Å². The zero-order valence-electron chi connectivity index (χ0n) is 35.7. The molecule has 3 aromatic rings. The first kappa shape index (κ1) is 45.4. The first-order valence-electron chi connectivity index (χ1n) is 22.1. The number of anilines is 1. The molecule has 4 aliphatic heterocycles. The number of ether oxygens (including phenoxy) is 2. The van der Waals surface area contributed by atoms with Gasteiger partial charge in [-0.1, -0.05) is 25.0 Å². The van der Waals surface area contributed by atoms with Gasteiger partial charge in [-0.3, -0.25) is 39.1 Å². The number of aromatic nitrogens is 1. The number of piperidine rings is 2. The first-order chi connectivity index (χ1) is 30.7. The Kier molecular flexibility index (Phi) is 16.4. The van der Waals surface area contributed by atoms with Gasteiger partial charge >= 0.3 is 0 Å². The van der Waals surface area contributed by atoms with Crippen LogP contribution in [0.2, 0.25) is 0 Å². The number of unbranched alkanes of at least 4 members (excludes halogenated alkanes) is 1. The van der Waals surface area contributed by atoms with E-state index >= 15 is 0 Å². The summed E-state index contributed by atoms with van der Waals surface area (Å²) in [5.41, 5.74) is 4.10. The van der Waals surface area contributed by atoms with Crippen molar-refractivity contribution >= 4 is 59.0 Å². The lowest BCUT2D eigenvalue weighted by Gasteiger charge is -2.36. The van der Waals surface area contributed by atoms with Crippen LogP contribution in [0, 0.1) is 5.92 Å². The predicted octanol–water partition coefficient (Wildman–Crippen LogP) is 4.17. The number of nitrogens with one attached hydrogen (secondary N) is 2. The van der Waals surface area contributed by atoms with Crippen molar-refractivity contribution in [3.05, 3.63) is 95.3 Å². The summed E-state index contributed by atoms with van der Waals surface area (Å²) in [6.45, 7) is 6.15. The molecule has 63 heavy (non-hydrogen) atoms. The number of hydrogen-bond acceptors (Lipinski definition) is 11. The minimum absolute atomic E-state index is 0.00784. The van der Waals surface area contributed by atoms with Crippen LogP contribution in [-0.2, 0) is 35.2 Å². The van der Waals surface area contributed by atoms with Crippen molar-refractivity contribution < 1.29 is 38.2 Å². The highest BCUT2D eigenvalue weighted by Crippen LogP contribution is 2.34. The van der Waals surface area contributed by atoms with E-state index in [0.717, 1.165) is 66.9 Å². The number of carbonyl (C=O) groups excluding carboxylic acids is 6. The topological polar surface area (TPSA) is 171 Å². The third kappa shape index (κ3) is 12.5. The van der Waals surface area contributed by atoms with E-state index in [1.807, 2.05) is 58.3 Å². The van der Waals surface area contributed by atoms with Gasteiger partial charge in [0.15, 0.2) is 0 Å². The van der Waals surface area contributed by atoms with E-state index in [9.17, 15) is 28.8 Å². The lowest BCUT2D eigenvalue weighted by Crippen LogP contribution is -2.52. The smallest absolute Gasteiger partial charge is 0.255 e. The quantitative estimate of drug-likeness (QED) is 0.0767. The fourth-order valence-electron chi connectivity index (χ4n) is 8.48. The Bertz CT molecular complexity index is 2100. The van der Waals surface area contributed by atoms with E-state index in [0.29, 0.717) is 88.3 Å². The summed E-state index contributed by atoms with van der Waals surface area (Å²) in [5.74, 6) is 0.246. The van der Waals surface area contributed by atoms with Gasteiger partial charge in [-0.2, -0.15) is 0 Å². The average Bonchev–Trinajstić information content (AvgIpc) is 3.65. The number of piperazine rings is 1. The molecule has 3 fully saturated rings. The zero-order chi connectivity index (χ0) is 44.0. The van der Waals surface area contributed by atoms with Crippen molar-refractivity contribution in [1.82, 2.24) is 30.3 Å². The Balaban J connectivity index is 0.715. The van der Waals surface area contributed by atoms with Gasteiger partial charge in [0, 0.05) is 105 Å². The standard InChI is InChI=1S/C47H57N7O8S/c55-42(15-9-35-6-4-19-48-31-35)49-20-2-1-5-34-17-21-53(22-18-34)46(59)36-10-12-37(13-11-36)51-23-25-52(26-24-51)44(57)33-62-28-27-61-29-30-63-41-8-3-7-38-39(41)32-54(47(38)60)40-14-16-43(56)50-45(40)58/h3-4,6-13,15,19,31,34,40H,1-2,5,14,16-18,20-30,32-33H2,(H,49,55)(H,50,56,58)/b15-9+. The van der Waals surface area contributed by atoms with E-state index in [1.54, 1.807) is 47.3 Å². The molecule has 1 aromatic heterocycles. The number of imide groups is 1. The van der Waals surface area contributed by atoms with E-state index in [-0.39, 0.29) is 42.6 Å². The van der Waals surface area contributed by atoms with Crippen LogP contribution < -0.4 is 15.5 Å². The number of thioether (sulfide) groups is 1. The molecule has 334 valence electrons. The van der Waals surface area contributed by atoms with Crippen molar-refractivity contribution in [2.24, 2.45) is 5.92 Å². The Morgan fingerprint density at radius 2 is 1.65 bits per heavy atom. The minimum atomic E-state index is -0.644. The normalized spacial score (nSPS) is 18.2. The molecule has 1 unspecified atom stereocenters. The summed E-state index contributed by atoms with van der Waals surface area (Å²) < 4.78 is 11.4. The molecule has 0 saturated carbocycles. The molecule has 0 radical (unpaired) electrons. The number of amides is 6. The van der Waals surface area contributed by atoms with Gasteiger partial charge in [0.25, 0.3) is 11.8 Å². The highest BCUT2D eigenvalue weighted by atomic mass is 32.2. The predicted molar refractivity (Wildman–Crippen MR) is 239 cm³/mol. The largest absolute Gasteiger partial charge is 0.378 e. The van der Waals surface area contributed by atoms with E-state index < -0.39 is 11.9 Å². The van der Waals surface area contributed by atoms with Crippen LogP contribution in [0.4, 0.5) is 5.69 Å². The van der Waals surface area contributed by atoms with Gasteiger partial charge in [-0.05, 0) is 91.3 Å². The van der Waals surface area contributed by atoms with Crippen molar-refractivity contribution in [2.45, 2.75) is 62.4 Å². The maximum Gasteiger partial charge on any atom is 0.255 e. The number of fused-ring (bicyclic) bond motifs is 1. The van der Waals surface area contributed by atoms with Crippen molar-refractivity contribution in [3.8, 4) is 0 Å². The molecule has 1 atom stereocenters. The van der Waals surface area contributed by atoms with Crippen LogP contribution in [0.5, 0.6) is 0 Å². The van der Waals surface area contributed by atoms with Crippen LogP contribution in [0.1, 0.15) is 76.8 Å². The van der Waals surface area contributed by atoms with E-state index in [1.165, 1.54) is 0 Å². The number of benzene rings is 2. The second kappa shape index (κ2) is 22.7. The highest BCUT2D eigenvalue weighted by Gasteiger charge is 2.40. The SMILES string of the molecule is O=C(/C=C/c1cccnc1)NCCCCC1CCN(C(=O)c2ccc(N3CCN(C(=O)COCCOCCSc4cccc5c4CN(C4CCC(=O)NC4=O)C5=O)CC3)cc2)CC1. The monoisotopic (exact) mass is 879 g/mol. The van der Waals surface area contributed by atoms with E-state index in [4.69, 9.17) is 9.47 Å². The molecule has 16 heteroatoms. The Labute approximate surface area is 372 Å². The first-order valence-corrected chi connectivity index (χ1v) is 23.0. The molecule has 7 rings (SSSR count). The van der Waals surface area contributed by atoms with Crippen molar-refractivity contribution in [1.29, 1.82) is 0 Å². The third-order valence-electron chi connectivity index (χ3n) is 12.1. The molecule has 0 spiro atoms. The summed E-state index contributed by atoms with van der Waals surface area (Å²) in [4.78, 5) is 87.9. The van der Waals surface area contributed by atoms with Crippen LogP contribution in [0.3, 0.4) is 0 Å². The third-order valence-corrected chi connectivity index (χ3v) is 13.1. The summed E-state index contributed by atoms with van der Waals surface area (Å²) in [7, 11) is 0. The summed E-state index contributed by atoms with van der Waals surface area (Å²) in [6.07, 6.45) is 12.3. The number of likely N-dealkylation sites (tertiary alicyclic amines) is 1. The van der Waals surface area contributed by atoms with E-state index in [2.05, 4.69) is 20.5 Å². The molecule has 6 amide bonds. The van der Waals surface area contributed by atoms with Gasteiger partial charge in [-0.25, -0.2) is 0 Å². The Morgan fingerprint density at radius 3 is 2.41 bits per heavy atom. The number of pyridine rings is 1. The second-order valence-corrected chi connectivity index (χ2v) is 17.4. The molecular weight excluding hydrogens is 823 g/mol. The fourth-order valence-corrected chi connectivity index (χ4v) is 9.43. The number of hydrogen-bond donors (Lipinski definition) is 2. The van der Waals surface area contributed by atoms with Gasteiger partial charge in [0.1, 0.15) is 12.6 Å². The lowest BCUT2D eigenvalue weighted by molar-refractivity contribution is -0.138. The zero-order valence-corrected chi connectivity index (χ0v) is 36.5. The molecular formula is C47H57N7O8S. The maximum absolute atomic E-state index is 13.3. The van der Waals surface area contributed by atoms with Crippen LogP contribution in [0.15, 0.2) is 78.0 Å². The van der Waals surface area contributed by atoms with Gasteiger partial charge in [0.2, 0.25) is 23.6 Å². The Morgan fingerprint density at radius 1 is 0.857 bits per heavy atom. The molecule has 2 N–H and O–H groups in total. The molecule has 5 heterocycles. The summed E-state index contributed by atoms with van der Waals surface area (Å²) >= 11 is 1.58.